The second-order valence-corrected chi connectivity index (χ2v) is 7.52. The Kier molecular flexibility index (Phi) is 4.12. The second kappa shape index (κ2) is 6.25. The summed E-state index contributed by atoms with van der Waals surface area (Å²) in [4.78, 5) is 16.1. The number of nitrogens with zero attached hydrogens (tertiary/aromatic N) is 2. The van der Waals surface area contributed by atoms with Crippen molar-refractivity contribution >= 4 is 5.97 Å². The molecule has 1 aromatic carbocycles. The molecule has 0 radical (unpaired) electrons. The van der Waals surface area contributed by atoms with Gasteiger partial charge in [-0.2, -0.15) is 0 Å². The van der Waals surface area contributed by atoms with E-state index in [1.807, 2.05) is 0 Å². The van der Waals surface area contributed by atoms with Crippen LogP contribution in [-0.2, 0) is 17.6 Å². The van der Waals surface area contributed by atoms with Crippen LogP contribution in [0.4, 0.5) is 0 Å². The summed E-state index contributed by atoms with van der Waals surface area (Å²) >= 11 is 0. The molecule has 3 saturated heterocycles. The number of hydrogen-bond donors (Lipinski definition) is 1. The summed E-state index contributed by atoms with van der Waals surface area (Å²) in [5.74, 6) is 0.0412. The topological polar surface area (TPSA) is 43.8 Å². The molecule has 1 aromatic rings. The lowest BCUT2D eigenvalue weighted by atomic mass is 9.95. The Hall–Kier alpha value is -1.39. The number of carboxylic acids is 1. The zero-order chi connectivity index (χ0) is 15.8. The molecule has 124 valence electrons. The predicted octanol–water partition coefficient (Wildman–Crippen LogP) is 2.02. The van der Waals surface area contributed by atoms with Crippen molar-refractivity contribution in [3.63, 3.8) is 0 Å². The Balaban J connectivity index is 1.43. The minimum absolute atomic E-state index is 0.276. The average molecular weight is 314 g/mol. The van der Waals surface area contributed by atoms with E-state index < -0.39 is 5.97 Å². The van der Waals surface area contributed by atoms with E-state index in [-0.39, 0.29) is 6.42 Å². The summed E-state index contributed by atoms with van der Waals surface area (Å²) in [5.41, 5.74) is 3.05. The molecule has 4 aliphatic rings. The van der Waals surface area contributed by atoms with E-state index in [1.165, 1.54) is 43.4 Å². The van der Waals surface area contributed by atoms with E-state index in [9.17, 15) is 4.79 Å². The van der Waals surface area contributed by atoms with Crippen LogP contribution in [-0.4, -0.2) is 59.1 Å². The molecule has 4 heteroatoms. The average Bonchev–Trinajstić information content (AvgIpc) is 2.77. The monoisotopic (exact) mass is 314 g/mol. The quantitative estimate of drug-likeness (QED) is 0.923. The highest BCUT2D eigenvalue weighted by atomic mass is 16.4. The summed E-state index contributed by atoms with van der Waals surface area (Å²) < 4.78 is 0. The van der Waals surface area contributed by atoms with Gasteiger partial charge < -0.3 is 5.11 Å². The third-order valence-corrected chi connectivity index (χ3v) is 6.01. The number of aliphatic carboxylic acids is 1. The van der Waals surface area contributed by atoms with Gasteiger partial charge in [0.2, 0.25) is 0 Å². The summed E-state index contributed by atoms with van der Waals surface area (Å²) in [6, 6.07) is 10.1. The van der Waals surface area contributed by atoms with E-state index in [1.54, 1.807) is 0 Å². The first-order valence-corrected chi connectivity index (χ1v) is 8.95. The van der Waals surface area contributed by atoms with E-state index in [0.29, 0.717) is 18.0 Å². The fourth-order valence-corrected chi connectivity index (χ4v) is 4.82. The van der Waals surface area contributed by atoms with Gasteiger partial charge >= 0.3 is 5.97 Å². The lowest BCUT2D eigenvalue weighted by Gasteiger charge is -2.36. The van der Waals surface area contributed by atoms with Crippen LogP contribution >= 0.6 is 0 Å². The number of carbonyl (C=O) groups is 1. The molecule has 1 aliphatic carbocycles. The molecule has 3 heterocycles. The van der Waals surface area contributed by atoms with Gasteiger partial charge in [0.1, 0.15) is 0 Å². The third-order valence-electron chi connectivity index (χ3n) is 6.01. The van der Waals surface area contributed by atoms with Gasteiger partial charge in [-0.25, -0.2) is 0 Å². The van der Waals surface area contributed by atoms with Crippen LogP contribution in [0.1, 0.15) is 30.4 Å². The molecule has 2 bridgehead atoms. The molecule has 5 rings (SSSR count). The maximum Gasteiger partial charge on any atom is 0.304 e. The summed E-state index contributed by atoms with van der Waals surface area (Å²) in [7, 11) is 0. The van der Waals surface area contributed by atoms with E-state index >= 15 is 0 Å². The van der Waals surface area contributed by atoms with Crippen LogP contribution in [0, 0.1) is 5.92 Å². The summed E-state index contributed by atoms with van der Waals surface area (Å²) in [6.07, 6.45) is 5.19. The smallest absolute Gasteiger partial charge is 0.304 e. The first-order chi connectivity index (χ1) is 11.2. The fraction of sp³-hybridized carbons (Fsp3) is 0.632. The van der Waals surface area contributed by atoms with Gasteiger partial charge in [0.25, 0.3) is 0 Å². The first-order valence-electron chi connectivity index (χ1n) is 8.95. The van der Waals surface area contributed by atoms with Crippen molar-refractivity contribution in [1.82, 2.24) is 9.80 Å². The molecule has 3 fully saturated rings. The van der Waals surface area contributed by atoms with Crippen molar-refractivity contribution in [3.8, 4) is 0 Å². The zero-order valence-corrected chi connectivity index (χ0v) is 13.7. The van der Waals surface area contributed by atoms with Crippen molar-refractivity contribution in [2.75, 3.05) is 26.2 Å². The van der Waals surface area contributed by atoms with Crippen LogP contribution in [0.2, 0.25) is 0 Å². The minimum Gasteiger partial charge on any atom is -0.481 e. The molecule has 23 heavy (non-hydrogen) atoms. The Bertz CT molecular complexity index is 563. The van der Waals surface area contributed by atoms with Gasteiger partial charge in [0, 0.05) is 38.3 Å². The first kappa shape index (κ1) is 15.2. The Morgan fingerprint density at radius 3 is 2.48 bits per heavy atom. The Morgan fingerprint density at radius 1 is 1.04 bits per heavy atom. The number of carboxylic acid groups (broad SMARTS) is 1. The molecule has 0 amide bonds. The Labute approximate surface area is 138 Å². The van der Waals surface area contributed by atoms with E-state index in [2.05, 4.69) is 34.1 Å². The van der Waals surface area contributed by atoms with Gasteiger partial charge in [0.15, 0.2) is 0 Å². The molecule has 0 spiro atoms. The number of rotatable bonds is 4. The lowest BCUT2D eigenvalue weighted by Crippen LogP contribution is -2.45. The maximum atomic E-state index is 10.9. The Morgan fingerprint density at radius 2 is 1.78 bits per heavy atom. The third kappa shape index (κ3) is 3.15. The molecular weight excluding hydrogens is 288 g/mol. The normalized spacial score (nSPS) is 28.7. The highest BCUT2D eigenvalue weighted by Gasteiger charge is 2.38. The van der Waals surface area contributed by atoms with E-state index in [0.717, 1.165) is 19.6 Å². The maximum absolute atomic E-state index is 10.9. The van der Waals surface area contributed by atoms with Gasteiger partial charge in [-0.3, -0.25) is 14.6 Å². The van der Waals surface area contributed by atoms with Crippen molar-refractivity contribution < 1.29 is 9.90 Å². The van der Waals surface area contributed by atoms with Crippen molar-refractivity contribution in [3.05, 3.63) is 35.4 Å². The zero-order valence-electron chi connectivity index (χ0n) is 13.7. The van der Waals surface area contributed by atoms with Gasteiger partial charge in [-0.05, 0) is 42.7 Å². The predicted molar refractivity (Wildman–Crippen MR) is 89.5 cm³/mol. The number of fused-ring (bicyclic) bond motifs is 5. The highest BCUT2D eigenvalue weighted by molar-refractivity contribution is 5.66. The molecule has 0 aromatic heterocycles. The summed E-state index contributed by atoms with van der Waals surface area (Å²) in [5, 5.41) is 8.97. The van der Waals surface area contributed by atoms with Crippen molar-refractivity contribution in [1.29, 1.82) is 0 Å². The van der Waals surface area contributed by atoms with Crippen LogP contribution < -0.4 is 0 Å². The highest BCUT2D eigenvalue weighted by Crippen LogP contribution is 2.32. The molecule has 0 saturated carbocycles. The molecule has 4 nitrogen and oxygen atoms in total. The van der Waals surface area contributed by atoms with Crippen molar-refractivity contribution in [2.45, 2.75) is 44.2 Å². The minimum atomic E-state index is -0.673. The number of piperidine rings is 1. The lowest BCUT2D eigenvalue weighted by molar-refractivity contribution is -0.137. The standard InChI is InChI=1S/C19H26N2O2/c22-19(23)7-8-20-11-14-5-6-17(20)13-21(12-14)18-9-15-3-1-2-4-16(15)10-18/h1-4,14,17-18H,5-13H2,(H,22,23)/t14-,17-/m1/s1. The molecular formula is C19H26N2O2. The van der Waals surface area contributed by atoms with E-state index in [4.69, 9.17) is 5.11 Å². The fourth-order valence-electron chi connectivity index (χ4n) is 4.82. The molecule has 3 aliphatic heterocycles. The van der Waals surface area contributed by atoms with Crippen LogP contribution in [0.3, 0.4) is 0 Å². The van der Waals surface area contributed by atoms with Gasteiger partial charge in [0.05, 0.1) is 6.42 Å². The number of hydrogen-bond acceptors (Lipinski definition) is 3. The SMILES string of the molecule is O=C(O)CCN1C[C@H]2CC[C@@H]1CN(C1Cc3ccccc3C1)C2. The van der Waals surface area contributed by atoms with Crippen LogP contribution in [0.25, 0.3) is 0 Å². The van der Waals surface area contributed by atoms with Crippen LogP contribution in [0.15, 0.2) is 24.3 Å². The summed E-state index contributed by atoms with van der Waals surface area (Å²) in [6.45, 7) is 4.12. The van der Waals surface area contributed by atoms with Crippen molar-refractivity contribution in [2.24, 2.45) is 5.92 Å². The van der Waals surface area contributed by atoms with Crippen LogP contribution in [0.5, 0.6) is 0 Å². The second-order valence-electron chi connectivity index (χ2n) is 7.52. The molecule has 1 N–H and O–H groups in total. The largest absolute Gasteiger partial charge is 0.481 e. The van der Waals surface area contributed by atoms with Gasteiger partial charge in [-0.1, -0.05) is 24.3 Å². The molecule has 0 unspecified atom stereocenters. The molecule has 2 atom stereocenters. The number of benzene rings is 1. The van der Waals surface area contributed by atoms with Gasteiger partial charge in [-0.15, -0.1) is 0 Å².